The quantitative estimate of drug-likeness (QED) is 0.202. The molecule has 4 nitrogen and oxygen atoms in total. The van der Waals surface area contributed by atoms with E-state index in [0.29, 0.717) is 34.2 Å². The Kier molecular flexibility index (Phi) is 5.74. The molecule has 1 aliphatic rings. The maximum atomic E-state index is 15.9. The molecule has 2 heterocycles. The Balaban J connectivity index is 1.19. The maximum Gasteiger partial charge on any atom is 0.299 e. The Morgan fingerprint density at radius 2 is 0.891 bits per heavy atom. The van der Waals surface area contributed by atoms with Crippen molar-refractivity contribution in [2.24, 2.45) is 0 Å². The van der Waals surface area contributed by atoms with Crippen molar-refractivity contribution < 1.29 is 13.2 Å². The first-order valence-electron chi connectivity index (χ1n) is 15.0. The molecule has 0 fully saturated rings. The molecule has 6 aromatic carbocycles. The van der Waals surface area contributed by atoms with Crippen LogP contribution in [0.5, 0.6) is 0 Å². The fraction of sp³-hybridized carbons (Fsp3) is 0.0250. The largest absolute Gasteiger partial charge is 0.456 e. The summed E-state index contributed by atoms with van der Waals surface area (Å²) in [7, 11) is 0. The second kappa shape index (κ2) is 10.0. The lowest BCUT2D eigenvalue weighted by Crippen LogP contribution is -2.10. The summed E-state index contributed by atoms with van der Waals surface area (Å²) in [4.78, 5) is 14.4. The SMILES string of the molecule is FC1(F)c2ccc(-c3ccc4oc5ccccc5c4c3)cc2-c2cc(-c3nc(-c4ccccc4)nc(-c4ccccc4)n3)ccc21. The van der Waals surface area contributed by atoms with Crippen LogP contribution in [0.25, 0.3) is 78.4 Å². The van der Waals surface area contributed by atoms with Crippen molar-refractivity contribution in [3.8, 4) is 56.4 Å². The van der Waals surface area contributed by atoms with Crippen LogP contribution in [0, 0.1) is 0 Å². The molecule has 0 N–H and O–H groups in total. The fourth-order valence-corrected chi connectivity index (χ4v) is 6.39. The Morgan fingerprint density at radius 3 is 1.54 bits per heavy atom. The van der Waals surface area contributed by atoms with E-state index in [0.717, 1.165) is 44.2 Å². The van der Waals surface area contributed by atoms with Gasteiger partial charge in [-0.1, -0.05) is 109 Å². The molecule has 46 heavy (non-hydrogen) atoms. The van der Waals surface area contributed by atoms with Crippen molar-refractivity contribution in [3.63, 3.8) is 0 Å². The van der Waals surface area contributed by atoms with E-state index in [1.807, 2.05) is 103 Å². The number of aromatic nitrogens is 3. The highest BCUT2D eigenvalue weighted by molar-refractivity contribution is 6.06. The molecule has 0 bridgehead atoms. The molecule has 1 aliphatic carbocycles. The molecule has 0 radical (unpaired) electrons. The van der Waals surface area contributed by atoms with Gasteiger partial charge in [-0.15, -0.1) is 0 Å². The van der Waals surface area contributed by atoms with Gasteiger partial charge in [-0.05, 0) is 52.6 Å². The van der Waals surface area contributed by atoms with E-state index >= 15 is 8.78 Å². The lowest BCUT2D eigenvalue weighted by Gasteiger charge is -2.13. The first-order chi connectivity index (χ1) is 22.5. The third-order valence-electron chi connectivity index (χ3n) is 8.67. The van der Waals surface area contributed by atoms with Crippen LogP contribution in [-0.4, -0.2) is 15.0 Å². The molecule has 2 aromatic heterocycles. The van der Waals surface area contributed by atoms with Gasteiger partial charge in [-0.2, -0.15) is 8.78 Å². The number of para-hydroxylation sites is 1. The lowest BCUT2D eigenvalue weighted by atomic mass is 9.96. The van der Waals surface area contributed by atoms with Gasteiger partial charge in [0.25, 0.3) is 5.92 Å². The van der Waals surface area contributed by atoms with Gasteiger partial charge < -0.3 is 4.42 Å². The summed E-state index contributed by atoms with van der Waals surface area (Å²) in [5, 5.41) is 2.00. The molecule has 9 rings (SSSR count). The Bertz CT molecular complexity index is 2400. The number of alkyl halides is 2. The number of hydrogen-bond donors (Lipinski definition) is 0. The lowest BCUT2D eigenvalue weighted by molar-refractivity contribution is 0.0480. The van der Waals surface area contributed by atoms with E-state index in [4.69, 9.17) is 19.4 Å². The van der Waals surface area contributed by atoms with Crippen LogP contribution in [0.3, 0.4) is 0 Å². The number of benzene rings is 6. The first kappa shape index (κ1) is 26.4. The van der Waals surface area contributed by atoms with Gasteiger partial charge in [0.2, 0.25) is 0 Å². The summed E-state index contributed by atoms with van der Waals surface area (Å²) < 4.78 is 37.7. The van der Waals surface area contributed by atoms with Crippen LogP contribution in [0.1, 0.15) is 11.1 Å². The van der Waals surface area contributed by atoms with E-state index in [9.17, 15) is 0 Å². The summed E-state index contributed by atoms with van der Waals surface area (Å²) in [5.74, 6) is -1.68. The zero-order valence-electron chi connectivity index (χ0n) is 24.3. The van der Waals surface area contributed by atoms with Gasteiger partial charge >= 0.3 is 0 Å². The van der Waals surface area contributed by atoms with Crippen LogP contribution in [0.4, 0.5) is 8.78 Å². The van der Waals surface area contributed by atoms with Crippen molar-refractivity contribution in [1.82, 2.24) is 15.0 Å². The second-order valence-electron chi connectivity index (χ2n) is 11.4. The topological polar surface area (TPSA) is 51.8 Å². The van der Waals surface area contributed by atoms with E-state index in [1.54, 1.807) is 24.3 Å². The Hall–Kier alpha value is -6.01. The third-order valence-corrected chi connectivity index (χ3v) is 8.67. The highest BCUT2D eigenvalue weighted by atomic mass is 19.3. The van der Waals surface area contributed by atoms with Gasteiger partial charge in [-0.25, -0.2) is 15.0 Å². The fourth-order valence-electron chi connectivity index (χ4n) is 6.39. The minimum Gasteiger partial charge on any atom is -0.456 e. The number of rotatable bonds is 4. The monoisotopic (exact) mass is 599 g/mol. The predicted molar refractivity (Wildman–Crippen MR) is 177 cm³/mol. The highest BCUT2D eigenvalue weighted by Crippen LogP contribution is 2.52. The van der Waals surface area contributed by atoms with Crippen LogP contribution in [0.2, 0.25) is 0 Å². The molecule has 0 saturated heterocycles. The highest BCUT2D eigenvalue weighted by Gasteiger charge is 2.44. The molecule has 6 heteroatoms. The average Bonchev–Trinajstić information content (AvgIpc) is 3.60. The van der Waals surface area contributed by atoms with Gasteiger partial charge in [0.1, 0.15) is 11.2 Å². The van der Waals surface area contributed by atoms with Gasteiger partial charge in [0.15, 0.2) is 17.5 Å². The smallest absolute Gasteiger partial charge is 0.299 e. The summed E-state index contributed by atoms with van der Waals surface area (Å²) in [6.45, 7) is 0. The van der Waals surface area contributed by atoms with E-state index in [1.165, 1.54) is 6.07 Å². The number of fused-ring (bicyclic) bond motifs is 6. The van der Waals surface area contributed by atoms with Gasteiger partial charge in [0, 0.05) is 38.6 Å². The molecule has 0 amide bonds. The van der Waals surface area contributed by atoms with Crippen LogP contribution >= 0.6 is 0 Å². The van der Waals surface area contributed by atoms with Crippen molar-refractivity contribution in [2.75, 3.05) is 0 Å². The molecule has 218 valence electrons. The zero-order valence-corrected chi connectivity index (χ0v) is 24.3. The summed E-state index contributed by atoms with van der Waals surface area (Å²) in [5.41, 5.74) is 6.62. The predicted octanol–water partition coefficient (Wildman–Crippen LogP) is 10.6. The molecule has 0 atom stereocenters. The summed E-state index contributed by atoms with van der Waals surface area (Å²) >= 11 is 0. The van der Waals surface area contributed by atoms with Crippen LogP contribution in [-0.2, 0) is 5.92 Å². The molecule has 8 aromatic rings. The van der Waals surface area contributed by atoms with E-state index in [2.05, 4.69) is 6.07 Å². The van der Waals surface area contributed by atoms with Crippen molar-refractivity contribution in [1.29, 1.82) is 0 Å². The molecular formula is C40H23F2N3O. The van der Waals surface area contributed by atoms with Crippen molar-refractivity contribution >= 4 is 21.9 Å². The number of hydrogen-bond acceptors (Lipinski definition) is 4. The zero-order chi connectivity index (χ0) is 30.8. The number of furan rings is 1. The minimum absolute atomic E-state index is 0.0103. The number of halogens is 2. The Morgan fingerprint density at radius 1 is 0.413 bits per heavy atom. The molecule has 0 aliphatic heterocycles. The second-order valence-corrected chi connectivity index (χ2v) is 11.4. The molecular weight excluding hydrogens is 576 g/mol. The molecule has 0 unspecified atom stereocenters. The van der Waals surface area contributed by atoms with Gasteiger partial charge in [0.05, 0.1) is 0 Å². The van der Waals surface area contributed by atoms with Crippen molar-refractivity contribution in [3.05, 3.63) is 151 Å². The summed E-state index contributed by atoms with van der Waals surface area (Å²) in [6, 6.07) is 43.4. The number of nitrogens with zero attached hydrogens (tertiary/aromatic N) is 3. The molecule has 0 spiro atoms. The first-order valence-corrected chi connectivity index (χ1v) is 15.0. The standard InChI is InChI=1S/C40H23F2N3O/c41-40(42)33-18-15-26(27-17-20-36-32(22-27)29-13-7-8-14-35(29)46-36)21-30(33)31-23-28(16-19-34(31)40)39-44-37(24-9-3-1-4-10-24)43-38(45-39)25-11-5-2-6-12-25/h1-23H. The average molecular weight is 600 g/mol. The van der Waals surface area contributed by atoms with Crippen LogP contribution < -0.4 is 0 Å². The normalized spacial score (nSPS) is 13.2. The maximum absolute atomic E-state index is 15.9. The van der Waals surface area contributed by atoms with E-state index < -0.39 is 5.92 Å². The van der Waals surface area contributed by atoms with E-state index in [-0.39, 0.29) is 11.1 Å². The minimum atomic E-state index is -3.13. The van der Waals surface area contributed by atoms with Crippen molar-refractivity contribution in [2.45, 2.75) is 5.92 Å². The third kappa shape index (κ3) is 4.14. The Labute approximate surface area is 262 Å². The van der Waals surface area contributed by atoms with Gasteiger partial charge in [-0.3, -0.25) is 0 Å². The van der Waals surface area contributed by atoms with Crippen LogP contribution in [0.15, 0.2) is 144 Å². The molecule has 0 saturated carbocycles. The summed E-state index contributed by atoms with van der Waals surface area (Å²) in [6.07, 6.45) is 0.